The molecule has 0 spiro atoms. The molecule has 1 N–H and O–H groups in total. The van der Waals surface area contributed by atoms with Crippen LogP contribution in [0.1, 0.15) is 35.4 Å². The SMILES string of the molecule is C[Si](C)=[Zr+2].OCCCC1=Cc2ccccc2C1c1cccc2c1[cH-]c1ccccc12.[Cl-].[Cl-]. The van der Waals surface area contributed by atoms with Crippen molar-refractivity contribution >= 4 is 33.1 Å². The molecule has 0 bridgehead atoms. The van der Waals surface area contributed by atoms with Crippen LogP contribution in [0.5, 0.6) is 0 Å². The minimum absolute atomic E-state index is 0. The molecular weight excluding hydrogens is 531 g/mol. The fourth-order valence-corrected chi connectivity index (χ4v) is 4.51. The molecule has 0 radical (unpaired) electrons. The fourth-order valence-electron chi connectivity index (χ4n) is 4.51. The van der Waals surface area contributed by atoms with Crippen molar-refractivity contribution in [1.29, 1.82) is 0 Å². The van der Waals surface area contributed by atoms with E-state index in [2.05, 4.69) is 92.0 Å². The van der Waals surface area contributed by atoms with Crippen molar-refractivity contribution in [2.24, 2.45) is 0 Å². The summed E-state index contributed by atoms with van der Waals surface area (Å²) >= 11 is 1.74. The zero-order valence-electron chi connectivity index (χ0n) is 18.4. The Balaban J connectivity index is 0.000000562. The average Bonchev–Trinajstić information content (AvgIpc) is 3.30. The normalized spacial score (nSPS) is 14.0. The Labute approximate surface area is 218 Å². The van der Waals surface area contributed by atoms with Gasteiger partial charge in [-0.05, 0) is 24.0 Å². The molecule has 1 aliphatic carbocycles. The minimum Gasteiger partial charge on any atom is -1.00 e. The third kappa shape index (κ3) is 5.69. The maximum absolute atomic E-state index is 9.34. The van der Waals surface area contributed by atoms with Crippen LogP contribution < -0.4 is 24.8 Å². The van der Waals surface area contributed by atoms with E-state index in [0.717, 1.165) is 12.8 Å². The number of benzene rings is 3. The average molecular weight is 558 g/mol. The summed E-state index contributed by atoms with van der Waals surface area (Å²) in [5.41, 5.74) is 5.71. The molecule has 0 aromatic heterocycles. The largest absolute Gasteiger partial charge is 1.00 e. The number of fused-ring (bicyclic) bond motifs is 4. The van der Waals surface area contributed by atoms with Gasteiger partial charge < -0.3 is 29.9 Å². The molecule has 1 unspecified atom stereocenters. The summed E-state index contributed by atoms with van der Waals surface area (Å²) in [5.74, 6) is 0.290. The Morgan fingerprint density at radius 1 is 0.875 bits per heavy atom. The number of aliphatic hydroxyl groups is 1. The van der Waals surface area contributed by atoms with Crippen molar-refractivity contribution in [2.75, 3.05) is 6.61 Å². The Morgan fingerprint density at radius 3 is 2.25 bits per heavy atom. The number of rotatable bonds is 4. The van der Waals surface area contributed by atoms with E-state index < -0.39 is 0 Å². The number of allylic oxidation sites excluding steroid dienone is 1. The van der Waals surface area contributed by atoms with Crippen LogP contribution in [0.3, 0.4) is 0 Å². The number of hydrogen-bond donors (Lipinski definition) is 1. The second kappa shape index (κ2) is 12.4. The predicted octanol–water partition coefficient (Wildman–Crippen LogP) is 0.806. The van der Waals surface area contributed by atoms with Crippen molar-refractivity contribution in [3.05, 3.63) is 95.1 Å². The maximum atomic E-state index is 9.34. The van der Waals surface area contributed by atoms with E-state index in [0.29, 0.717) is 5.92 Å². The van der Waals surface area contributed by atoms with Crippen LogP contribution in [0.2, 0.25) is 13.1 Å². The smallest absolute Gasteiger partial charge is 0.0434 e. The Morgan fingerprint density at radius 2 is 1.50 bits per heavy atom. The Hall–Kier alpha value is -1.09. The van der Waals surface area contributed by atoms with Crippen molar-refractivity contribution in [1.82, 2.24) is 0 Å². The van der Waals surface area contributed by atoms with Crippen molar-refractivity contribution < 1.29 is 53.3 Å². The quantitative estimate of drug-likeness (QED) is 0.291. The van der Waals surface area contributed by atoms with E-state index in [1.807, 2.05) is 0 Å². The summed E-state index contributed by atoms with van der Waals surface area (Å²) in [4.78, 5) is 0. The standard InChI is InChI=1S/C25H21O.C2H6Si.2ClH.Zr/c26-14-6-9-19-15-17-7-2-4-11-21(17)25(19)23-13-5-12-22-20-10-3-1-8-18(20)16-24(22)23;1-3-2;;;/h1-5,7-8,10-13,15-16,25-26H,6,9,14H2;1-2H3;2*1H;/q-1;;;;+2/p-2. The molecule has 32 heavy (non-hydrogen) atoms. The van der Waals surface area contributed by atoms with E-state index >= 15 is 0 Å². The third-order valence-electron chi connectivity index (χ3n) is 5.64. The molecule has 164 valence electrons. The topological polar surface area (TPSA) is 20.2 Å². The molecule has 4 aromatic carbocycles. The van der Waals surface area contributed by atoms with Gasteiger partial charge in [-0.15, -0.1) is 33.7 Å². The summed E-state index contributed by atoms with van der Waals surface area (Å²) < 4.78 is 0. The van der Waals surface area contributed by atoms with Crippen LogP contribution in [-0.2, 0) is 23.3 Å². The van der Waals surface area contributed by atoms with Crippen LogP contribution >= 0.6 is 0 Å². The van der Waals surface area contributed by atoms with Gasteiger partial charge in [0.05, 0.1) is 0 Å². The summed E-state index contributed by atoms with van der Waals surface area (Å²) in [5, 5.41) is 14.7. The first kappa shape index (κ1) is 27.2. The number of halogens is 2. The van der Waals surface area contributed by atoms with Gasteiger partial charge in [-0.2, -0.15) is 0 Å². The van der Waals surface area contributed by atoms with Crippen LogP contribution in [0.25, 0.3) is 27.6 Å². The molecule has 1 nitrogen and oxygen atoms in total. The summed E-state index contributed by atoms with van der Waals surface area (Å²) in [7, 11) is 0. The molecule has 0 fully saturated rings. The maximum Gasteiger partial charge on any atom is 0.0434 e. The van der Waals surface area contributed by atoms with Gasteiger partial charge in [0.25, 0.3) is 0 Å². The van der Waals surface area contributed by atoms with Crippen LogP contribution in [0.4, 0.5) is 0 Å². The molecule has 5 rings (SSSR count). The van der Waals surface area contributed by atoms with Crippen molar-refractivity contribution in [3.8, 4) is 0 Å². The van der Waals surface area contributed by atoms with E-state index in [1.165, 1.54) is 43.8 Å². The van der Waals surface area contributed by atoms with Gasteiger partial charge in [0.2, 0.25) is 0 Å². The van der Waals surface area contributed by atoms with E-state index in [9.17, 15) is 5.11 Å². The van der Waals surface area contributed by atoms with Crippen molar-refractivity contribution in [2.45, 2.75) is 31.9 Å². The molecule has 1 atom stereocenters. The summed E-state index contributed by atoms with van der Waals surface area (Å²) in [6.07, 6.45) is 4.08. The van der Waals surface area contributed by atoms with Gasteiger partial charge in [0.1, 0.15) is 0 Å². The molecule has 4 aromatic rings. The van der Waals surface area contributed by atoms with Crippen LogP contribution in [0.15, 0.2) is 78.4 Å². The molecule has 0 saturated carbocycles. The Bertz CT molecular complexity index is 1240. The van der Waals surface area contributed by atoms with Gasteiger partial charge in [0.15, 0.2) is 0 Å². The summed E-state index contributed by atoms with van der Waals surface area (Å²) in [6.45, 7) is 4.86. The van der Waals surface area contributed by atoms with Gasteiger partial charge in [-0.25, -0.2) is 0 Å². The second-order valence-corrected chi connectivity index (χ2v) is 17.5. The first-order valence-corrected chi connectivity index (χ1v) is 16.8. The fraction of sp³-hybridized carbons (Fsp3) is 0.222. The van der Waals surface area contributed by atoms with Crippen LogP contribution in [0, 0.1) is 0 Å². The van der Waals surface area contributed by atoms with Crippen molar-refractivity contribution in [3.63, 3.8) is 0 Å². The molecule has 1 aliphatic rings. The Kier molecular flexibility index (Phi) is 10.5. The molecular formula is C27H27Cl2OSiZr-. The number of aliphatic hydroxyl groups excluding tert-OH is 1. The van der Waals surface area contributed by atoms with Crippen LogP contribution in [-0.4, -0.2) is 17.1 Å². The second-order valence-electron chi connectivity index (χ2n) is 8.15. The molecule has 0 amide bonds. The van der Waals surface area contributed by atoms with E-state index in [4.69, 9.17) is 0 Å². The first-order chi connectivity index (χ1) is 14.6. The molecule has 0 aliphatic heterocycles. The summed E-state index contributed by atoms with van der Waals surface area (Å²) in [6, 6.07) is 26.4. The van der Waals surface area contributed by atoms with E-state index in [1.54, 1.807) is 23.3 Å². The van der Waals surface area contributed by atoms with Gasteiger partial charge in [-0.3, -0.25) is 0 Å². The zero-order chi connectivity index (χ0) is 21.1. The van der Waals surface area contributed by atoms with Gasteiger partial charge >= 0.3 is 41.9 Å². The van der Waals surface area contributed by atoms with Gasteiger partial charge in [-0.1, -0.05) is 77.9 Å². The monoisotopic (exact) mass is 555 g/mol. The van der Waals surface area contributed by atoms with E-state index in [-0.39, 0.29) is 36.9 Å². The van der Waals surface area contributed by atoms with Gasteiger partial charge in [0, 0.05) is 12.5 Å². The zero-order valence-corrected chi connectivity index (χ0v) is 23.4. The third-order valence-corrected chi connectivity index (χ3v) is 5.64. The number of hydrogen-bond acceptors (Lipinski definition) is 1. The predicted molar refractivity (Wildman–Crippen MR) is 127 cm³/mol. The molecule has 5 heteroatoms. The molecule has 0 heterocycles. The minimum atomic E-state index is 0. The molecule has 0 saturated heterocycles. The first-order valence-electron chi connectivity index (χ1n) is 10.6.